The Kier molecular flexibility index (Phi) is 5.96. The van der Waals surface area contributed by atoms with Gasteiger partial charge in [-0.2, -0.15) is 5.10 Å². The summed E-state index contributed by atoms with van der Waals surface area (Å²) in [6.07, 6.45) is 0.472. The summed E-state index contributed by atoms with van der Waals surface area (Å²) in [5.74, 6) is 0. The molecule has 1 aliphatic rings. The van der Waals surface area contributed by atoms with E-state index in [0.29, 0.717) is 12.1 Å². The number of halogens is 4. The lowest BCUT2D eigenvalue weighted by Crippen LogP contribution is -2.38. The fraction of sp³-hybridized carbons (Fsp3) is 0.103. The number of alkyl halides is 3. The Hall–Kier alpha value is -2.63. The van der Waals surface area contributed by atoms with Gasteiger partial charge >= 0.3 is 0 Å². The standard InChI is InChI=1S/C29H19BrCl3N3/c30-27-23-18-24-19(17-26(34-24)29(31,32)33)16-25(23)36(35-27)28(20-10-4-1-5-11-20,21-12-6-2-7-13-21)22-14-8-3-9-15-22/h1-16,18H,17H2. The SMILES string of the molecule is ClC(Cl)(Cl)C1=Nc2cc3c(Br)nn(C(c4ccccc4)(c4ccccc4)c4ccccc4)c3cc2C1. The van der Waals surface area contributed by atoms with Crippen molar-refractivity contribution in [2.45, 2.75) is 15.8 Å². The fourth-order valence-corrected chi connectivity index (χ4v) is 5.89. The minimum atomic E-state index is -1.55. The van der Waals surface area contributed by atoms with Gasteiger partial charge in [-0.3, -0.25) is 4.99 Å². The van der Waals surface area contributed by atoms with Crippen molar-refractivity contribution in [3.05, 3.63) is 130 Å². The second kappa shape index (κ2) is 9.04. The number of fused-ring (bicyclic) bond motifs is 2. The molecule has 0 saturated heterocycles. The van der Waals surface area contributed by atoms with Crippen molar-refractivity contribution in [3.63, 3.8) is 0 Å². The molecular weight excluding hydrogens is 577 g/mol. The number of aliphatic imine (C=N–C) groups is 1. The van der Waals surface area contributed by atoms with Crippen LogP contribution in [0.2, 0.25) is 0 Å². The molecule has 178 valence electrons. The van der Waals surface area contributed by atoms with Gasteiger partial charge in [0.25, 0.3) is 0 Å². The molecule has 0 unspecified atom stereocenters. The third kappa shape index (κ3) is 3.79. The predicted molar refractivity (Wildman–Crippen MR) is 153 cm³/mol. The molecule has 7 heteroatoms. The molecule has 0 fully saturated rings. The third-order valence-electron chi connectivity index (χ3n) is 6.67. The molecule has 36 heavy (non-hydrogen) atoms. The van der Waals surface area contributed by atoms with Crippen LogP contribution < -0.4 is 0 Å². The van der Waals surface area contributed by atoms with E-state index in [2.05, 4.69) is 104 Å². The minimum Gasteiger partial charge on any atom is -0.253 e. The largest absolute Gasteiger partial charge is 0.253 e. The number of hydrogen-bond acceptors (Lipinski definition) is 2. The van der Waals surface area contributed by atoms with Gasteiger partial charge in [-0.1, -0.05) is 126 Å². The summed E-state index contributed by atoms with van der Waals surface area (Å²) in [4.78, 5) is 4.62. The van der Waals surface area contributed by atoms with Crippen LogP contribution in [0, 0.1) is 0 Å². The predicted octanol–water partition coefficient (Wildman–Crippen LogP) is 8.64. The Labute approximate surface area is 232 Å². The van der Waals surface area contributed by atoms with Crippen LogP contribution in [0.4, 0.5) is 5.69 Å². The highest BCUT2D eigenvalue weighted by Gasteiger charge is 2.41. The van der Waals surface area contributed by atoms with Crippen molar-refractivity contribution in [1.82, 2.24) is 9.78 Å². The van der Waals surface area contributed by atoms with Crippen LogP contribution in [0.1, 0.15) is 22.3 Å². The van der Waals surface area contributed by atoms with Gasteiger partial charge in [0.1, 0.15) is 10.1 Å². The van der Waals surface area contributed by atoms with E-state index < -0.39 is 9.33 Å². The molecule has 5 aromatic rings. The highest BCUT2D eigenvalue weighted by molar-refractivity contribution is 9.10. The van der Waals surface area contributed by atoms with E-state index in [4.69, 9.17) is 39.9 Å². The summed E-state index contributed by atoms with van der Waals surface area (Å²) in [5, 5.41) is 6.05. The Morgan fingerprint density at radius 1 is 0.722 bits per heavy atom. The number of rotatable bonds is 4. The van der Waals surface area contributed by atoms with Crippen molar-refractivity contribution in [3.8, 4) is 0 Å². The van der Waals surface area contributed by atoms with E-state index in [1.165, 1.54) is 0 Å². The van der Waals surface area contributed by atoms with Crippen LogP contribution in [0.15, 0.2) is 113 Å². The van der Waals surface area contributed by atoms with Crippen LogP contribution in [-0.2, 0) is 12.0 Å². The van der Waals surface area contributed by atoms with E-state index in [1.54, 1.807) is 0 Å². The lowest BCUT2D eigenvalue weighted by molar-refractivity contribution is 0.473. The molecule has 1 aliphatic heterocycles. The summed E-state index contributed by atoms with van der Waals surface area (Å²) in [5.41, 5.74) is 5.83. The molecule has 3 nitrogen and oxygen atoms in total. The van der Waals surface area contributed by atoms with Crippen LogP contribution >= 0.6 is 50.7 Å². The molecule has 0 saturated carbocycles. The van der Waals surface area contributed by atoms with Gasteiger partial charge in [0, 0.05) is 11.8 Å². The average molecular weight is 596 g/mol. The van der Waals surface area contributed by atoms with Crippen LogP contribution in [-0.4, -0.2) is 19.3 Å². The molecule has 0 amide bonds. The second-order valence-corrected chi connectivity index (χ2v) is 11.8. The molecule has 0 spiro atoms. The quantitative estimate of drug-likeness (QED) is 0.151. The van der Waals surface area contributed by atoms with Gasteiger partial charge in [0.2, 0.25) is 3.79 Å². The smallest absolute Gasteiger partial charge is 0.229 e. The molecule has 0 aliphatic carbocycles. The first-order valence-electron chi connectivity index (χ1n) is 11.4. The van der Waals surface area contributed by atoms with E-state index in [9.17, 15) is 0 Å². The zero-order valence-corrected chi connectivity index (χ0v) is 22.7. The normalized spacial score (nSPS) is 13.6. The first-order chi connectivity index (χ1) is 17.4. The average Bonchev–Trinajstić information content (AvgIpc) is 3.47. The van der Waals surface area contributed by atoms with Crippen LogP contribution in [0.5, 0.6) is 0 Å². The van der Waals surface area contributed by atoms with Gasteiger partial charge in [-0.25, -0.2) is 4.68 Å². The van der Waals surface area contributed by atoms with Crippen molar-refractivity contribution >= 4 is 73.0 Å². The second-order valence-electron chi connectivity index (χ2n) is 8.74. The van der Waals surface area contributed by atoms with Crippen molar-refractivity contribution in [1.29, 1.82) is 0 Å². The van der Waals surface area contributed by atoms with Gasteiger partial charge in [0.15, 0.2) is 0 Å². The van der Waals surface area contributed by atoms with Gasteiger partial charge in [-0.05, 0) is 50.3 Å². The molecule has 4 aromatic carbocycles. The maximum atomic E-state index is 6.18. The lowest BCUT2D eigenvalue weighted by atomic mass is 9.77. The zero-order chi connectivity index (χ0) is 24.9. The Morgan fingerprint density at radius 3 is 1.69 bits per heavy atom. The Balaban J connectivity index is 1.70. The number of aromatic nitrogens is 2. The summed E-state index contributed by atoms with van der Waals surface area (Å²) in [6.45, 7) is 0. The minimum absolute atomic E-state index is 0.472. The zero-order valence-electron chi connectivity index (χ0n) is 18.9. The molecule has 0 bridgehead atoms. The lowest BCUT2D eigenvalue weighted by Gasteiger charge is -2.37. The highest BCUT2D eigenvalue weighted by atomic mass is 79.9. The van der Waals surface area contributed by atoms with Gasteiger partial charge < -0.3 is 0 Å². The summed E-state index contributed by atoms with van der Waals surface area (Å²) in [6, 6.07) is 35.5. The van der Waals surface area contributed by atoms with E-state index in [0.717, 1.165) is 43.4 Å². The fourth-order valence-electron chi connectivity index (χ4n) is 5.09. The van der Waals surface area contributed by atoms with Crippen LogP contribution in [0.3, 0.4) is 0 Å². The molecule has 6 rings (SSSR count). The monoisotopic (exact) mass is 593 g/mol. The molecular formula is C29H19BrCl3N3. The summed E-state index contributed by atoms with van der Waals surface area (Å²) >= 11 is 22.3. The molecule has 0 N–H and O–H groups in total. The van der Waals surface area contributed by atoms with Crippen LogP contribution in [0.25, 0.3) is 10.9 Å². The highest BCUT2D eigenvalue weighted by Crippen LogP contribution is 2.45. The van der Waals surface area contributed by atoms with Crippen molar-refractivity contribution in [2.24, 2.45) is 4.99 Å². The third-order valence-corrected chi connectivity index (χ3v) is 7.91. The number of nitrogens with zero attached hydrogens (tertiary/aromatic N) is 3. The maximum Gasteiger partial charge on any atom is 0.229 e. The first kappa shape index (κ1) is 23.7. The van der Waals surface area contributed by atoms with Crippen molar-refractivity contribution < 1.29 is 0 Å². The molecule has 2 heterocycles. The topological polar surface area (TPSA) is 30.2 Å². The van der Waals surface area contributed by atoms with E-state index in [-0.39, 0.29) is 0 Å². The molecule has 0 atom stereocenters. The number of hydrogen-bond donors (Lipinski definition) is 0. The van der Waals surface area contributed by atoms with Gasteiger partial charge in [-0.15, -0.1) is 0 Å². The molecule has 0 radical (unpaired) electrons. The molecule has 1 aromatic heterocycles. The maximum absolute atomic E-state index is 6.18. The number of benzene rings is 4. The summed E-state index contributed by atoms with van der Waals surface area (Å²) in [7, 11) is 0. The Bertz CT molecular complexity index is 1500. The first-order valence-corrected chi connectivity index (χ1v) is 13.3. The van der Waals surface area contributed by atoms with Gasteiger partial charge in [0.05, 0.1) is 16.9 Å². The Morgan fingerprint density at radius 2 is 1.22 bits per heavy atom. The van der Waals surface area contributed by atoms with E-state index in [1.807, 2.05) is 24.3 Å². The van der Waals surface area contributed by atoms with Crippen molar-refractivity contribution in [2.75, 3.05) is 0 Å². The summed E-state index contributed by atoms with van der Waals surface area (Å²) < 4.78 is 1.29. The van der Waals surface area contributed by atoms with E-state index >= 15 is 0 Å².